The first-order valence-electron chi connectivity index (χ1n) is 6.53. The highest BCUT2D eigenvalue weighted by atomic mass is 35.5. The Morgan fingerprint density at radius 3 is 2.67 bits per heavy atom. The molecule has 1 aliphatic carbocycles. The van der Waals surface area contributed by atoms with Gasteiger partial charge in [-0.2, -0.15) is 11.8 Å². The maximum Gasteiger partial charge on any atom is 0.242 e. The van der Waals surface area contributed by atoms with Crippen LogP contribution >= 0.6 is 35.0 Å². The minimum Gasteiger partial charge on any atom is -0.392 e. The molecular formula is C13H17Cl2NO3S2. The molecule has 118 valence electrons. The van der Waals surface area contributed by atoms with Gasteiger partial charge in [-0.1, -0.05) is 29.6 Å². The van der Waals surface area contributed by atoms with E-state index in [9.17, 15) is 13.5 Å². The first-order valence-corrected chi connectivity index (χ1v) is 10.1. The standard InChI is InChI=1S/C13H17Cl2NO3S2/c1-20-12-4-2-3-11(12)16-21(18,19)13-5-8(7-17)9(14)6-10(13)15/h5-6,11-12,16-17H,2-4,7H2,1H3. The fourth-order valence-electron chi connectivity index (χ4n) is 2.50. The van der Waals surface area contributed by atoms with Gasteiger partial charge in [0.05, 0.1) is 11.6 Å². The average Bonchev–Trinajstić information content (AvgIpc) is 2.85. The van der Waals surface area contributed by atoms with Crippen LogP contribution in [0.5, 0.6) is 0 Å². The van der Waals surface area contributed by atoms with E-state index in [2.05, 4.69) is 4.72 Å². The number of sulfonamides is 1. The minimum absolute atomic E-state index is 0.0376. The van der Waals surface area contributed by atoms with E-state index in [0.717, 1.165) is 19.3 Å². The molecule has 0 heterocycles. The third-order valence-electron chi connectivity index (χ3n) is 3.62. The predicted molar refractivity (Wildman–Crippen MR) is 87.6 cm³/mol. The van der Waals surface area contributed by atoms with Gasteiger partial charge in [0, 0.05) is 16.3 Å². The molecule has 1 aliphatic rings. The molecule has 0 spiro atoms. The van der Waals surface area contributed by atoms with Gasteiger partial charge in [0.1, 0.15) is 4.90 Å². The molecule has 0 aromatic heterocycles. The van der Waals surface area contributed by atoms with E-state index in [1.165, 1.54) is 12.1 Å². The van der Waals surface area contributed by atoms with E-state index >= 15 is 0 Å². The van der Waals surface area contributed by atoms with Crippen molar-refractivity contribution >= 4 is 45.0 Å². The Hall–Kier alpha value is 0.0200. The second-order valence-corrected chi connectivity index (χ2v) is 8.54. The second-order valence-electron chi connectivity index (χ2n) is 4.96. The predicted octanol–water partition coefficient (Wildman–Crippen LogP) is 3.05. The molecule has 0 aliphatic heterocycles. The van der Waals surface area contributed by atoms with E-state index in [1.807, 2.05) is 6.26 Å². The molecule has 0 saturated heterocycles. The maximum absolute atomic E-state index is 12.5. The van der Waals surface area contributed by atoms with Crippen molar-refractivity contribution in [3.05, 3.63) is 27.7 Å². The average molecular weight is 370 g/mol. The Kier molecular flexibility index (Phi) is 5.84. The Morgan fingerprint density at radius 2 is 2.05 bits per heavy atom. The van der Waals surface area contributed by atoms with Crippen molar-refractivity contribution in [1.82, 2.24) is 4.72 Å². The number of thioether (sulfide) groups is 1. The van der Waals surface area contributed by atoms with Crippen molar-refractivity contribution in [2.24, 2.45) is 0 Å². The molecule has 1 aromatic rings. The van der Waals surface area contributed by atoms with Gasteiger partial charge in [0.25, 0.3) is 0 Å². The van der Waals surface area contributed by atoms with Crippen molar-refractivity contribution in [2.45, 2.75) is 42.1 Å². The van der Waals surface area contributed by atoms with Crippen molar-refractivity contribution in [3.63, 3.8) is 0 Å². The van der Waals surface area contributed by atoms with Crippen LogP contribution in [-0.2, 0) is 16.6 Å². The number of rotatable bonds is 5. The lowest BCUT2D eigenvalue weighted by Crippen LogP contribution is -2.38. The Labute approximate surface area is 139 Å². The molecular weight excluding hydrogens is 353 g/mol. The smallest absolute Gasteiger partial charge is 0.242 e. The number of aliphatic hydroxyl groups is 1. The third-order valence-corrected chi connectivity index (χ3v) is 7.10. The van der Waals surface area contributed by atoms with Gasteiger partial charge in [-0.05, 0) is 36.8 Å². The van der Waals surface area contributed by atoms with Gasteiger partial charge in [-0.25, -0.2) is 13.1 Å². The number of hydrogen-bond acceptors (Lipinski definition) is 4. The van der Waals surface area contributed by atoms with Crippen LogP contribution in [0.1, 0.15) is 24.8 Å². The normalized spacial score (nSPS) is 22.7. The second kappa shape index (κ2) is 7.06. The van der Waals surface area contributed by atoms with E-state index < -0.39 is 10.0 Å². The quantitative estimate of drug-likeness (QED) is 0.836. The highest BCUT2D eigenvalue weighted by Gasteiger charge is 2.31. The van der Waals surface area contributed by atoms with Gasteiger partial charge in [0.2, 0.25) is 10.0 Å². The van der Waals surface area contributed by atoms with Crippen LogP contribution in [0.25, 0.3) is 0 Å². The Balaban J connectivity index is 2.31. The van der Waals surface area contributed by atoms with E-state index in [0.29, 0.717) is 5.56 Å². The van der Waals surface area contributed by atoms with Gasteiger partial charge >= 0.3 is 0 Å². The molecule has 2 rings (SSSR count). The van der Waals surface area contributed by atoms with Gasteiger partial charge in [0.15, 0.2) is 0 Å². The summed E-state index contributed by atoms with van der Waals surface area (Å²) >= 11 is 13.6. The highest BCUT2D eigenvalue weighted by molar-refractivity contribution is 7.99. The fraction of sp³-hybridized carbons (Fsp3) is 0.538. The topological polar surface area (TPSA) is 66.4 Å². The van der Waals surface area contributed by atoms with Gasteiger partial charge in [-0.3, -0.25) is 0 Å². The third kappa shape index (κ3) is 3.86. The number of benzene rings is 1. The number of halogens is 2. The molecule has 1 fully saturated rings. The first-order chi connectivity index (χ1) is 9.89. The van der Waals surface area contributed by atoms with Crippen molar-refractivity contribution in [3.8, 4) is 0 Å². The zero-order valence-electron chi connectivity index (χ0n) is 11.5. The number of hydrogen-bond donors (Lipinski definition) is 2. The summed E-state index contributed by atoms with van der Waals surface area (Å²) in [6.07, 6.45) is 4.82. The Morgan fingerprint density at radius 1 is 1.33 bits per heavy atom. The Bertz CT molecular complexity index is 622. The van der Waals surface area contributed by atoms with Crippen LogP contribution < -0.4 is 4.72 Å². The van der Waals surface area contributed by atoms with Crippen molar-refractivity contribution in [2.75, 3.05) is 6.26 Å². The summed E-state index contributed by atoms with van der Waals surface area (Å²) in [6.45, 7) is -0.338. The molecule has 1 saturated carbocycles. The fourth-order valence-corrected chi connectivity index (χ4v) is 5.69. The number of aliphatic hydroxyl groups excluding tert-OH is 1. The van der Waals surface area contributed by atoms with Crippen LogP contribution in [0.15, 0.2) is 17.0 Å². The largest absolute Gasteiger partial charge is 0.392 e. The summed E-state index contributed by atoms with van der Waals surface area (Å²) in [4.78, 5) is -0.0376. The van der Waals surface area contributed by atoms with E-state index in [-0.39, 0.29) is 32.8 Å². The lowest BCUT2D eigenvalue weighted by Gasteiger charge is -2.20. The van der Waals surface area contributed by atoms with E-state index in [4.69, 9.17) is 23.2 Å². The molecule has 4 nitrogen and oxygen atoms in total. The zero-order chi connectivity index (χ0) is 15.6. The minimum atomic E-state index is -3.73. The summed E-state index contributed by atoms with van der Waals surface area (Å²) in [5.41, 5.74) is 0.342. The van der Waals surface area contributed by atoms with Gasteiger partial charge < -0.3 is 5.11 Å². The summed E-state index contributed by atoms with van der Waals surface area (Å²) in [6, 6.07) is 2.59. The SMILES string of the molecule is CSC1CCCC1NS(=O)(=O)c1cc(CO)c(Cl)cc1Cl. The van der Waals surface area contributed by atoms with Gasteiger partial charge in [-0.15, -0.1) is 0 Å². The molecule has 1 aromatic carbocycles. The van der Waals surface area contributed by atoms with Crippen LogP contribution in [0.2, 0.25) is 10.0 Å². The summed E-state index contributed by atoms with van der Waals surface area (Å²) in [7, 11) is -3.73. The monoisotopic (exact) mass is 369 g/mol. The number of nitrogens with one attached hydrogen (secondary N) is 1. The van der Waals surface area contributed by atoms with Crippen LogP contribution in [-0.4, -0.2) is 31.1 Å². The highest BCUT2D eigenvalue weighted by Crippen LogP contribution is 2.32. The lowest BCUT2D eigenvalue weighted by atomic mass is 10.2. The van der Waals surface area contributed by atoms with E-state index in [1.54, 1.807) is 11.8 Å². The first kappa shape index (κ1) is 17.4. The molecule has 21 heavy (non-hydrogen) atoms. The van der Waals surface area contributed by atoms with Crippen molar-refractivity contribution in [1.29, 1.82) is 0 Å². The molecule has 8 heteroatoms. The molecule has 2 N–H and O–H groups in total. The molecule has 2 atom stereocenters. The summed E-state index contributed by atoms with van der Waals surface area (Å²) in [5, 5.41) is 9.81. The molecule has 0 radical (unpaired) electrons. The molecule has 0 bridgehead atoms. The molecule has 2 unspecified atom stereocenters. The van der Waals surface area contributed by atoms with Crippen LogP contribution in [0.4, 0.5) is 0 Å². The lowest BCUT2D eigenvalue weighted by molar-refractivity contribution is 0.281. The van der Waals surface area contributed by atoms with Crippen LogP contribution in [0.3, 0.4) is 0 Å². The maximum atomic E-state index is 12.5. The summed E-state index contributed by atoms with van der Waals surface area (Å²) in [5.74, 6) is 0. The zero-order valence-corrected chi connectivity index (χ0v) is 14.6. The molecule has 0 amide bonds. The summed E-state index contributed by atoms with van der Waals surface area (Å²) < 4.78 is 27.8. The van der Waals surface area contributed by atoms with Crippen molar-refractivity contribution < 1.29 is 13.5 Å². The van der Waals surface area contributed by atoms with Crippen LogP contribution in [0, 0.1) is 0 Å².